The second kappa shape index (κ2) is 11.7. The molecule has 1 aliphatic rings. The number of hydrogen-bond donors (Lipinski definition) is 4. The number of aryl methyl sites for hydroxylation is 1. The van der Waals surface area contributed by atoms with Crippen LogP contribution in [0.15, 0.2) is 48.5 Å². The van der Waals surface area contributed by atoms with E-state index in [2.05, 4.69) is 10.6 Å². The summed E-state index contributed by atoms with van der Waals surface area (Å²) in [6.45, 7) is 5.02. The molecule has 10 heteroatoms. The number of aliphatic hydroxyl groups excluding tert-OH is 1. The third kappa shape index (κ3) is 6.39. The summed E-state index contributed by atoms with van der Waals surface area (Å²) >= 11 is 0. The predicted octanol–water partition coefficient (Wildman–Crippen LogP) is 2.54. The van der Waals surface area contributed by atoms with Crippen molar-refractivity contribution in [2.45, 2.75) is 52.0 Å². The number of carbonyl (C=O) groups is 4. The molecule has 2 aromatic rings. The smallest absolute Gasteiger partial charge is 0.410 e. The highest BCUT2D eigenvalue weighted by molar-refractivity contribution is 6.04. The Morgan fingerprint density at radius 3 is 2.42 bits per heavy atom. The van der Waals surface area contributed by atoms with E-state index in [1.807, 2.05) is 18.2 Å². The first-order valence-corrected chi connectivity index (χ1v) is 11.7. The summed E-state index contributed by atoms with van der Waals surface area (Å²) in [7, 11) is 0. The SMILES string of the molecule is Cc1cccc(NC(=O)[C@@H](NC(=O)[C@@H]2C[C@@H](O)CN2C(=O)OCc2ccccc2)C(C)C)c1C(=O)O. The number of nitrogens with one attached hydrogen (secondary N) is 2. The number of anilines is 1. The van der Waals surface area contributed by atoms with Crippen molar-refractivity contribution in [2.75, 3.05) is 11.9 Å². The van der Waals surface area contributed by atoms with Crippen LogP contribution < -0.4 is 10.6 Å². The molecule has 0 aromatic heterocycles. The molecule has 1 saturated heterocycles. The summed E-state index contributed by atoms with van der Waals surface area (Å²) in [6.07, 6.45) is -1.66. The molecular formula is C26H31N3O7. The van der Waals surface area contributed by atoms with Crippen molar-refractivity contribution in [3.63, 3.8) is 0 Å². The fourth-order valence-corrected chi connectivity index (χ4v) is 4.12. The summed E-state index contributed by atoms with van der Waals surface area (Å²) < 4.78 is 5.33. The molecule has 1 heterocycles. The van der Waals surface area contributed by atoms with Crippen LogP contribution in [0.25, 0.3) is 0 Å². The van der Waals surface area contributed by atoms with E-state index in [9.17, 15) is 29.4 Å². The second-order valence-electron chi connectivity index (χ2n) is 9.12. The zero-order valence-electron chi connectivity index (χ0n) is 20.4. The molecule has 36 heavy (non-hydrogen) atoms. The van der Waals surface area contributed by atoms with Gasteiger partial charge in [-0.05, 0) is 30.0 Å². The molecule has 10 nitrogen and oxygen atoms in total. The molecule has 0 bridgehead atoms. The van der Waals surface area contributed by atoms with Crippen molar-refractivity contribution in [2.24, 2.45) is 5.92 Å². The van der Waals surface area contributed by atoms with Gasteiger partial charge in [0.25, 0.3) is 0 Å². The Balaban J connectivity index is 1.70. The monoisotopic (exact) mass is 497 g/mol. The molecule has 192 valence electrons. The van der Waals surface area contributed by atoms with Gasteiger partial charge < -0.3 is 25.6 Å². The number of likely N-dealkylation sites (tertiary alicyclic amines) is 1. The van der Waals surface area contributed by atoms with Crippen LogP contribution >= 0.6 is 0 Å². The first kappa shape index (κ1) is 26.7. The topological polar surface area (TPSA) is 145 Å². The Morgan fingerprint density at radius 1 is 1.08 bits per heavy atom. The third-order valence-corrected chi connectivity index (χ3v) is 6.01. The lowest BCUT2D eigenvalue weighted by Crippen LogP contribution is -2.53. The number of carboxylic acid groups (broad SMARTS) is 1. The Hall–Kier alpha value is -3.92. The van der Waals surface area contributed by atoms with E-state index in [4.69, 9.17) is 4.74 Å². The van der Waals surface area contributed by atoms with Gasteiger partial charge >= 0.3 is 12.1 Å². The number of aromatic carboxylic acids is 1. The van der Waals surface area contributed by atoms with E-state index in [0.717, 1.165) is 10.5 Å². The van der Waals surface area contributed by atoms with E-state index in [1.54, 1.807) is 45.0 Å². The van der Waals surface area contributed by atoms with Crippen LogP contribution in [-0.2, 0) is 20.9 Å². The van der Waals surface area contributed by atoms with E-state index in [0.29, 0.717) is 5.56 Å². The number of ether oxygens (including phenoxy) is 1. The molecule has 1 aliphatic heterocycles. The Labute approximate surface area is 209 Å². The van der Waals surface area contributed by atoms with Crippen molar-refractivity contribution < 1.29 is 34.1 Å². The average Bonchev–Trinajstić information content (AvgIpc) is 3.23. The molecule has 0 unspecified atom stereocenters. The number of rotatable bonds is 8. The van der Waals surface area contributed by atoms with Gasteiger partial charge in [0, 0.05) is 6.42 Å². The number of aliphatic hydroxyl groups is 1. The molecule has 0 saturated carbocycles. The molecule has 0 spiro atoms. The third-order valence-electron chi connectivity index (χ3n) is 6.01. The van der Waals surface area contributed by atoms with Crippen molar-refractivity contribution >= 4 is 29.6 Å². The van der Waals surface area contributed by atoms with Crippen LogP contribution in [-0.4, -0.2) is 63.7 Å². The van der Waals surface area contributed by atoms with Crippen LogP contribution in [0.3, 0.4) is 0 Å². The largest absolute Gasteiger partial charge is 0.478 e. The lowest BCUT2D eigenvalue weighted by atomic mass is 10.0. The standard InChI is InChI=1S/C26H31N3O7/c1-15(2)22(24(32)27-19-11-7-8-16(3)21(19)25(33)34)28-23(31)20-12-18(30)13-29(20)26(35)36-14-17-9-5-4-6-10-17/h4-11,15,18,20,22,30H,12-14H2,1-3H3,(H,27,32)(H,28,31)(H,33,34)/t18-,20+,22+/m1/s1. The summed E-state index contributed by atoms with van der Waals surface area (Å²) in [5.74, 6) is -2.74. The van der Waals surface area contributed by atoms with Gasteiger partial charge in [0.15, 0.2) is 0 Å². The molecule has 3 amide bonds. The summed E-state index contributed by atoms with van der Waals surface area (Å²) in [5.41, 5.74) is 1.34. The highest BCUT2D eigenvalue weighted by Crippen LogP contribution is 2.22. The van der Waals surface area contributed by atoms with E-state index in [1.165, 1.54) is 6.07 Å². The van der Waals surface area contributed by atoms with E-state index < -0.39 is 42.1 Å². The van der Waals surface area contributed by atoms with Gasteiger partial charge in [0.1, 0.15) is 18.7 Å². The molecule has 3 atom stereocenters. The van der Waals surface area contributed by atoms with Gasteiger partial charge in [0.2, 0.25) is 11.8 Å². The molecule has 0 aliphatic carbocycles. The zero-order chi connectivity index (χ0) is 26.4. The average molecular weight is 498 g/mol. The zero-order valence-corrected chi connectivity index (χ0v) is 20.4. The fourth-order valence-electron chi connectivity index (χ4n) is 4.12. The molecule has 1 fully saturated rings. The van der Waals surface area contributed by atoms with E-state index >= 15 is 0 Å². The lowest BCUT2D eigenvalue weighted by Gasteiger charge is -2.27. The van der Waals surface area contributed by atoms with Gasteiger partial charge in [-0.25, -0.2) is 9.59 Å². The highest BCUT2D eigenvalue weighted by atomic mass is 16.6. The second-order valence-corrected chi connectivity index (χ2v) is 9.12. The Morgan fingerprint density at radius 2 is 1.78 bits per heavy atom. The maximum absolute atomic E-state index is 13.1. The Kier molecular flexibility index (Phi) is 8.65. The highest BCUT2D eigenvalue weighted by Gasteiger charge is 2.41. The van der Waals surface area contributed by atoms with Gasteiger partial charge in [-0.1, -0.05) is 56.3 Å². The minimum atomic E-state index is -1.18. The van der Waals surface area contributed by atoms with Crippen LogP contribution in [0, 0.1) is 12.8 Å². The lowest BCUT2D eigenvalue weighted by molar-refractivity contribution is -0.130. The molecule has 0 radical (unpaired) electrons. The Bertz CT molecular complexity index is 1120. The van der Waals surface area contributed by atoms with Crippen LogP contribution in [0.4, 0.5) is 10.5 Å². The van der Waals surface area contributed by atoms with Gasteiger partial charge in [-0.15, -0.1) is 0 Å². The number of carboxylic acids is 1. The maximum atomic E-state index is 13.1. The first-order valence-electron chi connectivity index (χ1n) is 11.7. The van der Waals surface area contributed by atoms with Crippen molar-refractivity contribution in [1.29, 1.82) is 0 Å². The number of carbonyl (C=O) groups excluding carboxylic acids is 3. The number of benzene rings is 2. The summed E-state index contributed by atoms with van der Waals surface area (Å²) in [5, 5.41) is 24.9. The van der Waals surface area contributed by atoms with Crippen molar-refractivity contribution in [1.82, 2.24) is 10.2 Å². The van der Waals surface area contributed by atoms with Crippen LogP contribution in [0.1, 0.15) is 41.8 Å². The number of β-amino-alcohol motifs (C(OH)–C–C–N with tert-alkyl or cyclic N) is 1. The molecule has 2 aromatic carbocycles. The van der Waals surface area contributed by atoms with Crippen LogP contribution in [0.5, 0.6) is 0 Å². The predicted molar refractivity (Wildman–Crippen MR) is 131 cm³/mol. The maximum Gasteiger partial charge on any atom is 0.410 e. The van der Waals surface area contributed by atoms with Gasteiger partial charge in [-0.2, -0.15) is 0 Å². The number of hydrogen-bond acceptors (Lipinski definition) is 6. The fraction of sp³-hybridized carbons (Fsp3) is 0.385. The number of nitrogens with zero attached hydrogens (tertiary/aromatic N) is 1. The molecular weight excluding hydrogens is 466 g/mol. The molecule has 3 rings (SSSR count). The molecule has 4 N–H and O–H groups in total. The first-order chi connectivity index (χ1) is 17.1. The van der Waals surface area contributed by atoms with Gasteiger partial charge in [-0.3, -0.25) is 14.5 Å². The summed E-state index contributed by atoms with van der Waals surface area (Å²) in [6, 6.07) is 11.7. The minimum absolute atomic E-state index is 0.000251. The van der Waals surface area contributed by atoms with Crippen molar-refractivity contribution in [3.8, 4) is 0 Å². The quantitative estimate of drug-likeness (QED) is 0.438. The number of amides is 3. The minimum Gasteiger partial charge on any atom is -0.478 e. The summed E-state index contributed by atoms with van der Waals surface area (Å²) in [4.78, 5) is 51.7. The van der Waals surface area contributed by atoms with Crippen LogP contribution in [0.2, 0.25) is 0 Å². The normalized spacial score (nSPS) is 18.0. The van der Waals surface area contributed by atoms with Gasteiger partial charge in [0.05, 0.1) is 23.9 Å². The van der Waals surface area contributed by atoms with E-state index in [-0.39, 0.29) is 36.7 Å². The van der Waals surface area contributed by atoms with Crippen molar-refractivity contribution in [3.05, 3.63) is 65.2 Å².